The number of carbonyl (C=O) groups excluding carboxylic acids is 2. The molecule has 1 fully saturated rings. The van der Waals surface area contributed by atoms with E-state index in [0.717, 1.165) is 11.4 Å². The van der Waals surface area contributed by atoms with E-state index in [1.807, 2.05) is 42.5 Å². The van der Waals surface area contributed by atoms with Crippen molar-refractivity contribution in [1.82, 2.24) is 24.6 Å². The molecule has 0 saturated carbocycles. The predicted molar refractivity (Wildman–Crippen MR) is 116 cm³/mol. The Bertz CT molecular complexity index is 1070. The molecule has 0 bridgehead atoms. The van der Waals surface area contributed by atoms with Crippen LogP contribution in [0.1, 0.15) is 38.6 Å². The van der Waals surface area contributed by atoms with E-state index in [2.05, 4.69) is 41.2 Å². The molecule has 0 spiro atoms. The monoisotopic (exact) mass is 418 g/mol. The molecule has 0 aliphatic carbocycles. The fraction of sp³-hybridized carbons (Fsp3) is 0.348. The second kappa shape index (κ2) is 8.29. The SMILES string of the molecule is CC(C)(C)c1cc(NC(=O)C2CC(=O)N(Cc3ccccn3)C2)n(-c2ccccn2)n1. The Morgan fingerprint density at radius 1 is 1.13 bits per heavy atom. The van der Waals surface area contributed by atoms with Crippen LogP contribution in [0.5, 0.6) is 0 Å². The van der Waals surface area contributed by atoms with Gasteiger partial charge in [-0.2, -0.15) is 9.78 Å². The van der Waals surface area contributed by atoms with Crippen molar-refractivity contribution in [3.8, 4) is 5.82 Å². The van der Waals surface area contributed by atoms with Crippen molar-refractivity contribution in [1.29, 1.82) is 0 Å². The summed E-state index contributed by atoms with van der Waals surface area (Å²) >= 11 is 0. The second-order valence-corrected chi connectivity index (χ2v) is 8.75. The summed E-state index contributed by atoms with van der Waals surface area (Å²) < 4.78 is 1.64. The van der Waals surface area contributed by atoms with E-state index in [9.17, 15) is 9.59 Å². The molecule has 1 unspecified atom stereocenters. The highest BCUT2D eigenvalue weighted by Gasteiger charge is 2.35. The normalized spacial score (nSPS) is 16.5. The number of anilines is 1. The molecule has 0 aromatic carbocycles. The van der Waals surface area contributed by atoms with Crippen molar-refractivity contribution in [2.45, 2.75) is 39.2 Å². The molecular weight excluding hydrogens is 392 g/mol. The van der Waals surface area contributed by atoms with Crippen LogP contribution in [0, 0.1) is 5.92 Å². The standard InChI is InChI=1S/C23H26N6O2/c1-23(2,3)18-13-20(29(27-18)19-9-5-7-11-25-19)26-22(31)16-12-21(30)28(14-16)15-17-8-4-6-10-24-17/h4-11,13,16H,12,14-15H2,1-3H3,(H,26,31). The van der Waals surface area contributed by atoms with Gasteiger partial charge in [0.05, 0.1) is 23.9 Å². The first-order valence-electron chi connectivity index (χ1n) is 10.3. The van der Waals surface area contributed by atoms with Gasteiger partial charge in [-0.05, 0) is 24.3 Å². The van der Waals surface area contributed by atoms with E-state index in [4.69, 9.17) is 0 Å². The van der Waals surface area contributed by atoms with Crippen LogP contribution in [-0.4, -0.2) is 43.0 Å². The summed E-state index contributed by atoms with van der Waals surface area (Å²) in [6.07, 6.45) is 3.57. The zero-order valence-electron chi connectivity index (χ0n) is 17.9. The Kier molecular flexibility index (Phi) is 5.54. The Labute approximate surface area is 181 Å². The molecule has 4 heterocycles. The number of hydrogen-bond acceptors (Lipinski definition) is 5. The van der Waals surface area contributed by atoms with E-state index in [0.29, 0.717) is 24.7 Å². The van der Waals surface area contributed by atoms with Crippen molar-refractivity contribution >= 4 is 17.6 Å². The van der Waals surface area contributed by atoms with Crippen LogP contribution in [0.25, 0.3) is 5.82 Å². The number of likely N-dealkylation sites (tertiary alicyclic amines) is 1. The molecular formula is C23H26N6O2. The number of carbonyl (C=O) groups is 2. The van der Waals surface area contributed by atoms with Gasteiger partial charge in [-0.1, -0.05) is 32.9 Å². The van der Waals surface area contributed by atoms with Crippen molar-refractivity contribution < 1.29 is 9.59 Å². The number of amides is 2. The average molecular weight is 419 g/mol. The molecule has 8 heteroatoms. The first kappa shape index (κ1) is 20.7. The van der Waals surface area contributed by atoms with Crippen molar-refractivity contribution in [2.75, 3.05) is 11.9 Å². The first-order valence-corrected chi connectivity index (χ1v) is 10.3. The highest BCUT2D eigenvalue weighted by molar-refractivity contribution is 5.96. The second-order valence-electron chi connectivity index (χ2n) is 8.75. The minimum absolute atomic E-state index is 0.0422. The van der Waals surface area contributed by atoms with E-state index < -0.39 is 5.92 Å². The summed E-state index contributed by atoms with van der Waals surface area (Å²) in [5, 5.41) is 7.65. The van der Waals surface area contributed by atoms with Gasteiger partial charge in [-0.25, -0.2) is 4.98 Å². The van der Waals surface area contributed by atoms with Gasteiger partial charge >= 0.3 is 0 Å². The Balaban J connectivity index is 1.52. The average Bonchev–Trinajstić information content (AvgIpc) is 3.33. The van der Waals surface area contributed by atoms with Crippen LogP contribution in [0.3, 0.4) is 0 Å². The topological polar surface area (TPSA) is 93.0 Å². The summed E-state index contributed by atoms with van der Waals surface area (Å²) in [6, 6.07) is 13.0. The van der Waals surface area contributed by atoms with E-state index in [1.54, 1.807) is 22.0 Å². The molecule has 3 aromatic rings. The zero-order valence-corrected chi connectivity index (χ0v) is 17.9. The van der Waals surface area contributed by atoms with Crippen LogP contribution in [-0.2, 0) is 21.5 Å². The van der Waals surface area contributed by atoms with Crippen molar-refractivity contribution in [3.63, 3.8) is 0 Å². The van der Waals surface area contributed by atoms with E-state index in [1.165, 1.54) is 0 Å². The molecule has 3 aromatic heterocycles. The van der Waals surface area contributed by atoms with E-state index in [-0.39, 0.29) is 23.7 Å². The lowest BCUT2D eigenvalue weighted by molar-refractivity contribution is -0.128. The molecule has 1 N–H and O–H groups in total. The third-order valence-electron chi connectivity index (χ3n) is 5.26. The maximum atomic E-state index is 13.0. The van der Waals surface area contributed by atoms with Crippen molar-refractivity contribution in [3.05, 3.63) is 66.2 Å². The van der Waals surface area contributed by atoms with Gasteiger partial charge in [0.25, 0.3) is 0 Å². The summed E-state index contributed by atoms with van der Waals surface area (Å²) in [5.41, 5.74) is 1.45. The zero-order chi connectivity index (χ0) is 22.0. The fourth-order valence-electron chi connectivity index (χ4n) is 3.51. The smallest absolute Gasteiger partial charge is 0.230 e. The lowest BCUT2D eigenvalue weighted by atomic mass is 9.92. The minimum Gasteiger partial charge on any atom is -0.336 e. The quantitative estimate of drug-likeness (QED) is 0.688. The van der Waals surface area contributed by atoms with Gasteiger partial charge in [0.2, 0.25) is 11.8 Å². The number of hydrogen-bond donors (Lipinski definition) is 1. The molecule has 4 rings (SSSR count). The highest BCUT2D eigenvalue weighted by atomic mass is 16.2. The van der Waals surface area contributed by atoms with Crippen LogP contribution in [0.4, 0.5) is 5.82 Å². The molecule has 8 nitrogen and oxygen atoms in total. The number of nitrogens with zero attached hydrogens (tertiary/aromatic N) is 5. The predicted octanol–water partition coefficient (Wildman–Crippen LogP) is 2.95. The largest absolute Gasteiger partial charge is 0.336 e. The van der Waals surface area contributed by atoms with Crippen LogP contribution in [0.15, 0.2) is 54.9 Å². The third kappa shape index (κ3) is 4.63. The van der Waals surface area contributed by atoms with Gasteiger partial charge in [0.15, 0.2) is 5.82 Å². The maximum Gasteiger partial charge on any atom is 0.230 e. The molecule has 31 heavy (non-hydrogen) atoms. The molecule has 1 atom stereocenters. The highest BCUT2D eigenvalue weighted by Crippen LogP contribution is 2.27. The van der Waals surface area contributed by atoms with Gasteiger partial charge < -0.3 is 10.2 Å². The molecule has 1 saturated heterocycles. The molecule has 1 aliphatic heterocycles. The molecule has 0 radical (unpaired) electrons. The fourth-order valence-corrected chi connectivity index (χ4v) is 3.51. The van der Waals surface area contributed by atoms with Gasteiger partial charge in [-0.15, -0.1) is 0 Å². The number of aromatic nitrogens is 4. The summed E-state index contributed by atoms with van der Waals surface area (Å²) in [4.78, 5) is 35.8. The molecule has 2 amide bonds. The lowest BCUT2D eigenvalue weighted by Crippen LogP contribution is -2.28. The van der Waals surface area contributed by atoms with Gasteiger partial charge in [-0.3, -0.25) is 14.6 Å². The number of nitrogens with one attached hydrogen (secondary N) is 1. The van der Waals surface area contributed by atoms with E-state index >= 15 is 0 Å². The Morgan fingerprint density at radius 3 is 2.52 bits per heavy atom. The summed E-state index contributed by atoms with van der Waals surface area (Å²) in [7, 11) is 0. The van der Waals surface area contributed by atoms with Crippen LogP contribution in [0.2, 0.25) is 0 Å². The third-order valence-corrected chi connectivity index (χ3v) is 5.26. The molecule has 1 aliphatic rings. The number of rotatable bonds is 5. The summed E-state index contributed by atoms with van der Waals surface area (Å²) in [6.45, 7) is 6.97. The summed E-state index contributed by atoms with van der Waals surface area (Å²) in [5.74, 6) is 0.493. The first-order chi connectivity index (χ1) is 14.8. The maximum absolute atomic E-state index is 13.0. The van der Waals surface area contributed by atoms with Gasteiger partial charge in [0.1, 0.15) is 5.82 Å². The Morgan fingerprint density at radius 2 is 1.87 bits per heavy atom. The molecule has 160 valence electrons. The van der Waals surface area contributed by atoms with Crippen molar-refractivity contribution in [2.24, 2.45) is 5.92 Å². The van der Waals surface area contributed by atoms with Crippen LogP contribution >= 0.6 is 0 Å². The minimum atomic E-state index is -0.429. The number of pyridine rings is 2. The van der Waals surface area contributed by atoms with Crippen LogP contribution < -0.4 is 5.32 Å². The Hall–Kier alpha value is -3.55. The lowest BCUT2D eigenvalue weighted by Gasteiger charge is -2.16. The van der Waals surface area contributed by atoms with Gasteiger partial charge in [0, 0.05) is 36.8 Å².